The molecule has 0 bridgehead atoms. The van der Waals surface area contributed by atoms with Gasteiger partial charge in [0.1, 0.15) is 5.78 Å². The Balaban J connectivity index is 2.02. The van der Waals surface area contributed by atoms with Gasteiger partial charge in [-0.15, -0.1) is 22.7 Å². The van der Waals surface area contributed by atoms with Crippen molar-refractivity contribution in [2.45, 2.75) is 25.9 Å². The van der Waals surface area contributed by atoms with E-state index in [2.05, 4.69) is 21.9 Å². The van der Waals surface area contributed by atoms with Crippen LogP contribution in [0.4, 0.5) is 0 Å². The summed E-state index contributed by atoms with van der Waals surface area (Å²) in [5.74, 6) is 0.234. The normalized spacial score (nSPS) is 31.6. The van der Waals surface area contributed by atoms with Crippen molar-refractivity contribution in [3.63, 3.8) is 0 Å². The van der Waals surface area contributed by atoms with Crippen LogP contribution in [0.15, 0.2) is 21.8 Å². The molecular weight excluding hydrogens is 290 g/mol. The number of rotatable bonds is 2. The van der Waals surface area contributed by atoms with Gasteiger partial charge in [0.2, 0.25) is 0 Å². The predicted molar refractivity (Wildman–Crippen MR) is 80.8 cm³/mol. The number of aromatic nitrogens is 2. The van der Waals surface area contributed by atoms with Crippen LogP contribution < -0.4 is 0 Å². The van der Waals surface area contributed by atoms with Gasteiger partial charge < -0.3 is 0 Å². The number of carbonyl (C=O) groups is 1. The van der Waals surface area contributed by atoms with Crippen LogP contribution in [0.3, 0.4) is 0 Å². The average molecular weight is 307 g/mol. The Labute approximate surface area is 126 Å². The van der Waals surface area contributed by atoms with Crippen molar-refractivity contribution in [3.05, 3.63) is 33.2 Å². The van der Waals surface area contributed by atoms with Gasteiger partial charge in [0.25, 0.3) is 0 Å². The molecule has 0 saturated carbocycles. The number of carbonyl (C=O) groups excluding carboxylic acids is 1. The second kappa shape index (κ2) is 5.35. The van der Waals surface area contributed by atoms with Crippen molar-refractivity contribution in [2.75, 3.05) is 7.05 Å². The molecule has 0 radical (unpaired) electrons. The van der Waals surface area contributed by atoms with Gasteiger partial charge in [0, 0.05) is 22.6 Å². The van der Waals surface area contributed by atoms with E-state index in [0.717, 1.165) is 11.4 Å². The van der Waals surface area contributed by atoms with E-state index in [1.54, 1.807) is 22.7 Å². The molecule has 0 aliphatic carbocycles. The number of piperidine rings is 1. The van der Waals surface area contributed by atoms with E-state index in [0.29, 0.717) is 5.78 Å². The molecular formula is C14H17N3OS2. The maximum absolute atomic E-state index is 12.6. The Kier molecular flexibility index (Phi) is 3.70. The van der Waals surface area contributed by atoms with E-state index < -0.39 is 0 Å². The van der Waals surface area contributed by atoms with Crippen molar-refractivity contribution >= 4 is 28.5 Å². The molecule has 2 aromatic heterocycles. The minimum absolute atomic E-state index is 0.0352. The average Bonchev–Trinajstić information content (AvgIpc) is 3.09. The van der Waals surface area contributed by atoms with Gasteiger partial charge in [-0.25, -0.2) is 9.97 Å². The lowest BCUT2D eigenvalue weighted by atomic mass is 9.77. The summed E-state index contributed by atoms with van der Waals surface area (Å²) in [6.45, 7) is 4.02. The highest BCUT2D eigenvalue weighted by molar-refractivity contribution is 7.07. The summed E-state index contributed by atoms with van der Waals surface area (Å²) in [5, 5.41) is 4.08. The molecule has 4 nitrogen and oxygen atoms in total. The molecule has 3 heterocycles. The topological polar surface area (TPSA) is 46.1 Å². The van der Waals surface area contributed by atoms with Crippen LogP contribution in [0.5, 0.6) is 0 Å². The first-order chi connectivity index (χ1) is 9.61. The number of hydrogen-bond acceptors (Lipinski definition) is 6. The first kappa shape index (κ1) is 13.9. The SMILES string of the molecule is CC1C(=O)C(C)C(c2cscn2)N(C)C1c1cscn1. The maximum atomic E-state index is 12.6. The van der Waals surface area contributed by atoms with Gasteiger partial charge in [0.05, 0.1) is 34.5 Å². The van der Waals surface area contributed by atoms with E-state index in [9.17, 15) is 4.79 Å². The smallest absolute Gasteiger partial charge is 0.142 e. The van der Waals surface area contributed by atoms with Gasteiger partial charge in [-0.2, -0.15) is 0 Å². The van der Waals surface area contributed by atoms with Crippen molar-refractivity contribution in [3.8, 4) is 0 Å². The van der Waals surface area contributed by atoms with E-state index >= 15 is 0 Å². The van der Waals surface area contributed by atoms with E-state index in [-0.39, 0.29) is 23.9 Å². The monoisotopic (exact) mass is 307 g/mol. The minimum atomic E-state index is -0.0352. The van der Waals surface area contributed by atoms with Crippen LogP contribution in [-0.4, -0.2) is 27.7 Å². The quantitative estimate of drug-likeness (QED) is 0.855. The fourth-order valence-electron chi connectivity index (χ4n) is 3.27. The lowest BCUT2D eigenvalue weighted by Gasteiger charge is -2.44. The zero-order chi connectivity index (χ0) is 14.3. The molecule has 106 valence electrons. The summed E-state index contributed by atoms with van der Waals surface area (Å²) < 4.78 is 0. The summed E-state index contributed by atoms with van der Waals surface area (Å²) >= 11 is 3.15. The molecule has 0 N–H and O–H groups in total. The number of nitrogens with zero attached hydrogens (tertiary/aromatic N) is 3. The van der Waals surface area contributed by atoms with Gasteiger partial charge in [0.15, 0.2) is 0 Å². The zero-order valence-electron chi connectivity index (χ0n) is 11.7. The summed E-state index contributed by atoms with van der Waals surface area (Å²) in [6, 6.07) is 0.0771. The van der Waals surface area contributed by atoms with Crippen LogP contribution in [0.25, 0.3) is 0 Å². The Hall–Kier alpha value is -1.11. The Morgan fingerprint density at radius 1 is 1.00 bits per heavy atom. The van der Waals surface area contributed by atoms with Crippen molar-refractivity contribution in [2.24, 2.45) is 11.8 Å². The highest BCUT2D eigenvalue weighted by Gasteiger charge is 2.45. The summed E-state index contributed by atoms with van der Waals surface area (Å²) in [7, 11) is 2.08. The van der Waals surface area contributed by atoms with Crippen LogP contribution in [0.2, 0.25) is 0 Å². The maximum Gasteiger partial charge on any atom is 0.142 e. The summed E-state index contributed by atoms with van der Waals surface area (Å²) in [6.07, 6.45) is 0. The fraction of sp³-hybridized carbons (Fsp3) is 0.500. The molecule has 20 heavy (non-hydrogen) atoms. The van der Waals surface area contributed by atoms with Crippen molar-refractivity contribution in [1.29, 1.82) is 0 Å². The Morgan fingerprint density at radius 3 is 1.80 bits per heavy atom. The van der Waals surface area contributed by atoms with Gasteiger partial charge in [-0.05, 0) is 7.05 Å². The van der Waals surface area contributed by atoms with E-state index in [4.69, 9.17) is 0 Å². The van der Waals surface area contributed by atoms with Crippen LogP contribution in [-0.2, 0) is 4.79 Å². The second-order valence-electron chi connectivity index (χ2n) is 5.36. The summed E-state index contributed by atoms with van der Waals surface area (Å²) in [4.78, 5) is 23.7. The largest absolute Gasteiger partial charge is 0.299 e. The molecule has 0 amide bonds. The molecule has 2 aromatic rings. The van der Waals surface area contributed by atoms with E-state index in [1.165, 1.54) is 0 Å². The Bertz CT molecular complexity index is 531. The zero-order valence-corrected chi connectivity index (χ0v) is 13.3. The first-order valence-electron chi connectivity index (χ1n) is 6.63. The lowest BCUT2D eigenvalue weighted by molar-refractivity contribution is -0.137. The molecule has 0 spiro atoms. The van der Waals surface area contributed by atoms with E-state index in [1.807, 2.05) is 35.6 Å². The second-order valence-corrected chi connectivity index (χ2v) is 6.80. The molecule has 3 rings (SSSR count). The minimum Gasteiger partial charge on any atom is -0.299 e. The van der Waals surface area contributed by atoms with Crippen LogP contribution in [0.1, 0.15) is 37.3 Å². The molecule has 4 atom stereocenters. The number of thiazole rings is 2. The highest BCUT2D eigenvalue weighted by Crippen LogP contribution is 2.44. The molecule has 0 aromatic carbocycles. The fourth-order valence-corrected chi connectivity index (χ4v) is 4.44. The van der Waals surface area contributed by atoms with Gasteiger partial charge in [-0.3, -0.25) is 9.69 Å². The highest BCUT2D eigenvalue weighted by atomic mass is 32.1. The number of likely N-dealkylation sites (tertiary alicyclic amines) is 1. The standard InChI is InChI=1S/C14H17N3OS2/c1-8-12(10-4-19-6-15-10)17(3)13(9(2)14(8)18)11-5-20-7-16-11/h4-9,12-13H,1-3H3. The van der Waals surface area contributed by atoms with Crippen LogP contribution >= 0.6 is 22.7 Å². The number of ketones is 1. The predicted octanol–water partition coefficient (Wildman–Crippen LogP) is 3.17. The third-order valence-corrected chi connectivity index (χ3v) is 5.44. The summed E-state index contributed by atoms with van der Waals surface area (Å²) in [5.41, 5.74) is 5.64. The van der Waals surface area contributed by atoms with Crippen molar-refractivity contribution in [1.82, 2.24) is 14.9 Å². The Morgan fingerprint density at radius 2 is 1.45 bits per heavy atom. The number of Topliss-reactive ketones (excluding diaryl/α,β-unsaturated/α-hetero) is 1. The van der Waals surface area contributed by atoms with Gasteiger partial charge in [-0.1, -0.05) is 13.8 Å². The van der Waals surface area contributed by atoms with Crippen molar-refractivity contribution < 1.29 is 4.79 Å². The molecule has 6 heteroatoms. The van der Waals surface area contributed by atoms with Crippen LogP contribution in [0, 0.1) is 11.8 Å². The lowest BCUT2D eigenvalue weighted by Crippen LogP contribution is -2.47. The molecule has 4 unspecified atom stereocenters. The number of hydrogen-bond donors (Lipinski definition) is 0. The molecule has 1 saturated heterocycles. The molecule has 1 aliphatic rings. The first-order valence-corrected chi connectivity index (χ1v) is 8.51. The third kappa shape index (κ3) is 2.12. The third-order valence-electron chi connectivity index (χ3n) is 4.23. The van der Waals surface area contributed by atoms with Gasteiger partial charge >= 0.3 is 0 Å². The molecule has 1 fully saturated rings. The molecule has 1 aliphatic heterocycles.